The van der Waals surface area contributed by atoms with Gasteiger partial charge in [0.15, 0.2) is 0 Å². The van der Waals surface area contributed by atoms with E-state index in [9.17, 15) is 15.2 Å². The van der Waals surface area contributed by atoms with Crippen LogP contribution in [0.3, 0.4) is 0 Å². The number of carbonyl (C=O) groups is 1. The van der Waals surface area contributed by atoms with Crippen molar-refractivity contribution in [1.29, 1.82) is 5.26 Å². The average molecular weight is 408 g/mol. The van der Waals surface area contributed by atoms with Crippen LogP contribution in [0.25, 0.3) is 0 Å². The molecular formula is C21H30ClN3O3. The van der Waals surface area contributed by atoms with E-state index in [0.717, 1.165) is 12.0 Å². The molecule has 2 rings (SSSR count). The van der Waals surface area contributed by atoms with Crippen LogP contribution in [0.4, 0.5) is 0 Å². The number of benzene rings is 1. The van der Waals surface area contributed by atoms with Gasteiger partial charge in [-0.2, -0.15) is 5.26 Å². The number of nitrogens with one attached hydrogen (secondary N) is 2. The fourth-order valence-electron chi connectivity index (χ4n) is 3.75. The normalized spacial score (nSPS) is 25.9. The number of aliphatic hydroxyl groups is 2. The second-order valence-corrected chi connectivity index (χ2v) is 9.18. The van der Waals surface area contributed by atoms with Gasteiger partial charge in [0.2, 0.25) is 5.91 Å². The fraction of sp³-hybridized carbons (Fsp3) is 0.619. The zero-order valence-corrected chi connectivity index (χ0v) is 17.5. The van der Waals surface area contributed by atoms with Crippen molar-refractivity contribution in [3.63, 3.8) is 0 Å². The van der Waals surface area contributed by atoms with Gasteiger partial charge in [0, 0.05) is 17.6 Å². The van der Waals surface area contributed by atoms with Crippen LogP contribution in [-0.2, 0) is 10.2 Å². The molecule has 6 nitrogen and oxygen atoms in total. The Morgan fingerprint density at radius 2 is 2.07 bits per heavy atom. The number of nitriles is 1. The van der Waals surface area contributed by atoms with Gasteiger partial charge in [-0.15, -0.1) is 0 Å². The third-order valence-electron chi connectivity index (χ3n) is 5.20. The van der Waals surface area contributed by atoms with E-state index in [1.54, 1.807) is 12.1 Å². The molecule has 0 bridgehead atoms. The molecular weight excluding hydrogens is 378 g/mol. The van der Waals surface area contributed by atoms with E-state index < -0.39 is 17.6 Å². The number of hydrogen-bond acceptors (Lipinski definition) is 5. The van der Waals surface area contributed by atoms with Crippen LogP contribution in [0.2, 0.25) is 5.02 Å². The minimum atomic E-state index is -0.849. The topological polar surface area (TPSA) is 105 Å². The Balaban J connectivity index is 2.23. The standard InChI is InChI=1S/C21H30ClN3O3/c1-20(2,3)11-18-21(13-23,14-4-6-15(22)7-5-14)10-17(25-18)19(28)24-9-8-16(27)12-26/h4-7,16-18,25-27H,8-12H2,1-3H3,(H,24,28)/t16-,17?,18?,21?/m1/s1. The predicted octanol–water partition coefficient (Wildman–Crippen LogP) is 2.13. The molecule has 4 N–H and O–H groups in total. The highest BCUT2D eigenvalue weighted by atomic mass is 35.5. The van der Waals surface area contributed by atoms with E-state index >= 15 is 0 Å². The number of carbonyl (C=O) groups excluding carboxylic acids is 1. The van der Waals surface area contributed by atoms with E-state index in [2.05, 4.69) is 37.5 Å². The first-order valence-corrected chi connectivity index (χ1v) is 9.99. The average Bonchev–Trinajstić information content (AvgIpc) is 2.99. The second kappa shape index (κ2) is 9.23. The van der Waals surface area contributed by atoms with Crippen molar-refractivity contribution in [2.75, 3.05) is 13.2 Å². The summed E-state index contributed by atoms with van der Waals surface area (Å²) in [5, 5.41) is 35.2. The zero-order chi connectivity index (χ0) is 20.9. The van der Waals surface area contributed by atoms with Gasteiger partial charge < -0.3 is 20.8 Å². The van der Waals surface area contributed by atoms with Crippen molar-refractivity contribution in [3.8, 4) is 6.07 Å². The Labute approximate surface area is 171 Å². The van der Waals surface area contributed by atoms with E-state index in [1.807, 2.05) is 12.1 Å². The highest BCUT2D eigenvalue weighted by molar-refractivity contribution is 6.30. The zero-order valence-electron chi connectivity index (χ0n) is 16.7. The van der Waals surface area contributed by atoms with E-state index in [0.29, 0.717) is 11.4 Å². The summed E-state index contributed by atoms with van der Waals surface area (Å²) in [6, 6.07) is 9.07. The smallest absolute Gasteiger partial charge is 0.237 e. The van der Waals surface area contributed by atoms with Crippen molar-refractivity contribution >= 4 is 17.5 Å². The second-order valence-electron chi connectivity index (χ2n) is 8.75. The Morgan fingerprint density at radius 3 is 2.61 bits per heavy atom. The molecule has 154 valence electrons. The fourth-order valence-corrected chi connectivity index (χ4v) is 3.88. The lowest BCUT2D eigenvalue weighted by Gasteiger charge is -2.33. The number of amides is 1. The summed E-state index contributed by atoms with van der Waals surface area (Å²) in [4.78, 5) is 12.7. The van der Waals surface area contributed by atoms with Crippen LogP contribution in [0.5, 0.6) is 0 Å². The molecule has 0 spiro atoms. The van der Waals surface area contributed by atoms with Crippen molar-refractivity contribution < 1.29 is 15.0 Å². The van der Waals surface area contributed by atoms with Crippen LogP contribution in [-0.4, -0.2) is 47.5 Å². The van der Waals surface area contributed by atoms with Gasteiger partial charge in [-0.25, -0.2) is 0 Å². The monoisotopic (exact) mass is 407 g/mol. The molecule has 7 heteroatoms. The van der Waals surface area contributed by atoms with Crippen LogP contribution in [0.1, 0.15) is 45.6 Å². The largest absolute Gasteiger partial charge is 0.394 e. The van der Waals surface area contributed by atoms with Crippen molar-refractivity contribution in [2.45, 2.75) is 63.6 Å². The first kappa shape index (κ1) is 22.6. The molecule has 28 heavy (non-hydrogen) atoms. The van der Waals surface area contributed by atoms with Crippen molar-refractivity contribution in [2.24, 2.45) is 5.41 Å². The number of aliphatic hydroxyl groups excluding tert-OH is 2. The summed E-state index contributed by atoms with van der Waals surface area (Å²) >= 11 is 6.02. The summed E-state index contributed by atoms with van der Waals surface area (Å²) in [7, 11) is 0. The quantitative estimate of drug-likeness (QED) is 0.554. The number of halogens is 1. The molecule has 1 aliphatic heterocycles. The molecule has 1 aromatic carbocycles. The van der Waals surface area contributed by atoms with Crippen molar-refractivity contribution in [1.82, 2.24) is 10.6 Å². The molecule has 1 aliphatic rings. The van der Waals surface area contributed by atoms with Gasteiger partial charge in [0.05, 0.1) is 30.2 Å². The summed E-state index contributed by atoms with van der Waals surface area (Å²) in [6.07, 6.45) is 0.523. The number of rotatable bonds is 7. The van der Waals surface area contributed by atoms with Crippen LogP contribution in [0, 0.1) is 16.7 Å². The summed E-state index contributed by atoms with van der Waals surface area (Å²) in [6.45, 7) is 6.27. The molecule has 0 saturated carbocycles. The molecule has 0 aliphatic carbocycles. The molecule has 1 fully saturated rings. The van der Waals surface area contributed by atoms with Crippen LogP contribution in [0.15, 0.2) is 24.3 Å². The van der Waals surface area contributed by atoms with Crippen LogP contribution < -0.4 is 10.6 Å². The van der Waals surface area contributed by atoms with E-state index in [1.165, 1.54) is 0 Å². The maximum absolute atomic E-state index is 12.7. The maximum atomic E-state index is 12.7. The van der Waals surface area contributed by atoms with Crippen LogP contribution >= 0.6 is 11.6 Å². The maximum Gasteiger partial charge on any atom is 0.237 e. The first-order valence-electron chi connectivity index (χ1n) is 9.61. The third-order valence-corrected chi connectivity index (χ3v) is 5.45. The molecule has 3 unspecified atom stereocenters. The Kier molecular flexibility index (Phi) is 7.46. The SMILES string of the molecule is CC(C)(C)CC1NC(C(=O)NCC[C@@H](O)CO)CC1(C#N)c1ccc(Cl)cc1. The minimum Gasteiger partial charge on any atom is -0.394 e. The van der Waals surface area contributed by atoms with Gasteiger partial charge >= 0.3 is 0 Å². The number of nitrogens with zero attached hydrogens (tertiary/aromatic N) is 1. The highest BCUT2D eigenvalue weighted by Crippen LogP contribution is 2.42. The first-order chi connectivity index (χ1) is 13.1. The lowest BCUT2D eigenvalue weighted by atomic mass is 9.70. The Bertz CT molecular complexity index is 711. The lowest BCUT2D eigenvalue weighted by molar-refractivity contribution is -0.123. The van der Waals surface area contributed by atoms with Gasteiger partial charge in [0.1, 0.15) is 0 Å². The Hall–Kier alpha value is -1.65. The predicted molar refractivity (Wildman–Crippen MR) is 109 cm³/mol. The lowest BCUT2D eigenvalue weighted by Crippen LogP contribution is -2.45. The van der Waals surface area contributed by atoms with E-state index in [4.69, 9.17) is 16.7 Å². The molecule has 0 aromatic heterocycles. The van der Waals surface area contributed by atoms with Gasteiger partial charge in [-0.05, 0) is 42.4 Å². The highest BCUT2D eigenvalue weighted by Gasteiger charge is 2.51. The third kappa shape index (κ3) is 5.45. The van der Waals surface area contributed by atoms with Gasteiger partial charge in [-0.1, -0.05) is 44.5 Å². The molecule has 1 heterocycles. The van der Waals surface area contributed by atoms with E-state index in [-0.39, 0.29) is 36.9 Å². The summed E-state index contributed by atoms with van der Waals surface area (Å²) in [5.41, 5.74) is -0.0000419. The molecule has 1 aromatic rings. The molecule has 1 amide bonds. The molecule has 0 radical (unpaired) electrons. The summed E-state index contributed by atoms with van der Waals surface area (Å²) in [5.74, 6) is -0.199. The van der Waals surface area contributed by atoms with Gasteiger partial charge in [0.25, 0.3) is 0 Å². The molecule has 1 saturated heterocycles. The number of hydrogen-bond donors (Lipinski definition) is 4. The van der Waals surface area contributed by atoms with Gasteiger partial charge in [-0.3, -0.25) is 4.79 Å². The minimum absolute atomic E-state index is 0.0250. The van der Waals surface area contributed by atoms with Crippen molar-refractivity contribution in [3.05, 3.63) is 34.9 Å². The molecule has 4 atom stereocenters. The summed E-state index contributed by atoms with van der Waals surface area (Å²) < 4.78 is 0. The Morgan fingerprint density at radius 1 is 1.43 bits per heavy atom.